The van der Waals surface area contributed by atoms with Crippen molar-refractivity contribution in [2.24, 2.45) is 0 Å². The van der Waals surface area contributed by atoms with Crippen molar-refractivity contribution < 1.29 is 9.53 Å². The monoisotopic (exact) mass is 279 g/mol. The Morgan fingerprint density at radius 1 is 1.47 bits per heavy atom. The zero-order chi connectivity index (χ0) is 13.2. The Hall–Kier alpha value is -1.40. The molecule has 0 radical (unpaired) electrons. The lowest BCUT2D eigenvalue weighted by atomic mass is 10.2. The van der Waals surface area contributed by atoms with Crippen LogP contribution >= 0.6 is 11.3 Å². The third kappa shape index (κ3) is 2.64. The summed E-state index contributed by atoms with van der Waals surface area (Å²) in [6, 6.07) is 0. The van der Waals surface area contributed by atoms with Gasteiger partial charge in [0.1, 0.15) is 0 Å². The second-order valence-corrected chi connectivity index (χ2v) is 5.59. The first-order valence-corrected chi connectivity index (χ1v) is 7.39. The van der Waals surface area contributed by atoms with Crippen LogP contribution in [0.25, 0.3) is 4.96 Å². The molecule has 1 aliphatic heterocycles. The van der Waals surface area contributed by atoms with Crippen LogP contribution in [-0.2, 0) is 16.0 Å². The summed E-state index contributed by atoms with van der Waals surface area (Å²) in [5, 5.41) is 2.09. The van der Waals surface area contributed by atoms with Gasteiger partial charge in [0.15, 0.2) is 4.96 Å². The van der Waals surface area contributed by atoms with Crippen molar-refractivity contribution in [2.45, 2.75) is 19.8 Å². The van der Waals surface area contributed by atoms with E-state index in [0.717, 1.165) is 30.2 Å². The Bertz CT molecular complexity index is 584. The number of rotatable bonds is 3. The van der Waals surface area contributed by atoms with Gasteiger partial charge in [-0.1, -0.05) is 0 Å². The van der Waals surface area contributed by atoms with Crippen LogP contribution in [0.5, 0.6) is 0 Å². The van der Waals surface area contributed by atoms with Crippen molar-refractivity contribution in [3.05, 3.63) is 23.0 Å². The van der Waals surface area contributed by atoms with Crippen molar-refractivity contribution in [1.82, 2.24) is 14.3 Å². The average Bonchev–Trinajstić information content (AvgIpc) is 2.96. The van der Waals surface area contributed by atoms with Gasteiger partial charge < -0.3 is 9.64 Å². The minimum absolute atomic E-state index is 0.222. The van der Waals surface area contributed by atoms with Crippen LogP contribution in [0.2, 0.25) is 0 Å². The molecular weight excluding hydrogens is 262 g/mol. The standard InChI is InChI=1S/C13H17N3O2S/c1-10-8-16-11(9-19-13(16)14-10)2-3-12(17)15-4-6-18-7-5-15/h8-9H,2-7H2,1H3. The molecular formula is C13H17N3O2S. The number of ether oxygens (including phenoxy) is 1. The fourth-order valence-electron chi connectivity index (χ4n) is 2.33. The molecule has 1 saturated heterocycles. The van der Waals surface area contributed by atoms with Gasteiger partial charge in [0, 0.05) is 36.8 Å². The minimum atomic E-state index is 0.222. The third-order valence-electron chi connectivity index (χ3n) is 3.36. The predicted molar refractivity (Wildman–Crippen MR) is 73.5 cm³/mol. The van der Waals surface area contributed by atoms with E-state index < -0.39 is 0 Å². The van der Waals surface area contributed by atoms with E-state index in [1.807, 2.05) is 18.0 Å². The Balaban J connectivity index is 1.63. The molecule has 0 spiro atoms. The number of hydrogen-bond donors (Lipinski definition) is 0. The highest BCUT2D eigenvalue weighted by molar-refractivity contribution is 7.15. The zero-order valence-corrected chi connectivity index (χ0v) is 11.8. The molecule has 3 heterocycles. The van der Waals surface area contributed by atoms with Crippen LogP contribution in [0, 0.1) is 6.92 Å². The smallest absolute Gasteiger partial charge is 0.223 e. The van der Waals surface area contributed by atoms with E-state index in [-0.39, 0.29) is 5.91 Å². The quantitative estimate of drug-likeness (QED) is 0.855. The summed E-state index contributed by atoms with van der Waals surface area (Å²) in [7, 11) is 0. The third-order valence-corrected chi connectivity index (χ3v) is 4.25. The second kappa shape index (κ2) is 5.30. The normalized spacial score (nSPS) is 16.2. The van der Waals surface area contributed by atoms with Gasteiger partial charge in [-0.15, -0.1) is 11.3 Å². The van der Waals surface area contributed by atoms with Crippen molar-refractivity contribution >= 4 is 22.2 Å². The van der Waals surface area contributed by atoms with Crippen molar-refractivity contribution in [3.63, 3.8) is 0 Å². The molecule has 2 aromatic rings. The number of hydrogen-bond acceptors (Lipinski definition) is 4. The van der Waals surface area contributed by atoms with Gasteiger partial charge in [-0.25, -0.2) is 4.98 Å². The summed E-state index contributed by atoms with van der Waals surface area (Å²) in [6.45, 7) is 4.76. The maximum atomic E-state index is 12.1. The fraction of sp³-hybridized carbons (Fsp3) is 0.538. The van der Waals surface area contributed by atoms with E-state index in [1.165, 1.54) is 5.69 Å². The Labute approximate surface area is 115 Å². The maximum Gasteiger partial charge on any atom is 0.223 e. The van der Waals surface area contributed by atoms with Gasteiger partial charge in [0.25, 0.3) is 0 Å². The molecule has 1 amide bonds. The molecule has 0 aliphatic carbocycles. The van der Waals surface area contributed by atoms with Gasteiger partial charge in [0.05, 0.1) is 18.9 Å². The number of carbonyl (C=O) groups excluding carboxylic acids is 1. The molecule has 0 saturated carbocycles. The Morgan fingerprint density at radius 3 is 3.05 bits per heavy atom. The van der Waals surface area contributed by atoms with Gasteiger partial charge in [-0.05, 0) is 13.3 Å². The summed E-state index contributed by atoms with van der Waals surface area (Å²) in [4.78, 5) is 19.4. The number of fused-ring (bicyclic) bond motifs is 1. The van der Waals surface area contributed by atoms with Crippen LogP contribution in [0.3, 0.4) is 0 Å². The summed E-state index contributed by atoms with van der Waals surface area (Å²) in [6.07, 6.45) is 3.36. The number of carbonyl (C=O) groups is 1. The molecule has 2 aromatic heterocycles. The maximum absolute atomic E-state index is 12.1. The van der Waals surface area contributed by atoms with Gasteiger partial charge in [0.2, 0.25) is 5.91 Å². The highest BCUT2D eigenvalue weighted by Gasteiger charge is 2.17. The highest BCUT2D eigenvalue weighted by Crippen LogP contribution is 2.18. The zero-order valence-electron chi connectivity index (χ0n) is 11.0. The molecule has 1 aliphatic rings. The van der Waals surface area contributed by atoms with Crippen molar-refractivity contribution in [3.8, 4) is 0 Å². The van der Waals surface area contributed by atoms with Crippen LogP contribution < -0.4 is 0 Å². The number of amides is 1. The first-order chi connectivity index (χ1) is 9.24. The molecule has 102 valence electrons. The summed E-state index contributed by atoms with van der Waals surface area (Å²) >= 11 is 1.63. The molecule has 0 aromatic carbocycles. The minimum Gasteiger partial charge on any atom is -0.378 e. The molecule has 0 unspecified atom stereocenters. The Morgan fingerprint density at radius 2 is 2.26 bits per heavy atom. The first kappa shape index (κ1) is 12.6. The van der Waals surface area contributed by atoms with Gasteiger partial charge in [-0.3, -0.25) is 9.20 Å². The van der Waals surface area contributed by atoms with Gasteiger partial charge >= 0.3 is 0 Å². The van der Waals surface area contributed by atoms with Crippen LogP contribution in [0.1, 0.15) is 17.8 Å². The molecule has 5 nitrogen and oxygen atoms in total. The SMILES string of the molecule is Cc1cn2c(CCC(=O)N3CCOCC3)csc2n1. The first-order valence-electron chi connectivity index (χ1n) is 6.51. The van der Waals surface area contributed by atoms with E-state index >= 15 is 0 Å². The fourth-order valence-corrected chi connectivity index (χ4v) is 3.28. The van der Waals surface area contributed by atoms with Crippen molar-refractivity contribution in [2.75, 3.05) is 26.3 Å². The lowest BCUT2D eigenvalue weighted by Crippen LogP contribution is -2.40. The Kier molecular flexibility index (Phi) is 3.52. The van der Waals surface area contributed by atoms with E-state index in [2.05, 4.69) is 14.8 Å². The van der Waals surface area contributed by atoms with E-state index in [4.69, 9.17) is 4.74 Å². The number of thiazole rings is 1. The molecule has 0 atom stereocenters. The van der Waals surface area contributed by atoms with Gasteiger partial charge in [-0.2, -0.15) is 0 Å². The predicted octanol–water partition coefficient (Wildman–Crippen LogP) is 1.50. The largest absolute Gasteiger partial charge is 0.378 e. The van der Waals surface area contributed by atoms with Crippen LogP contribution in [0.15, 0.2) is 11.6 Å². The summed E-state index contributed by atoms with van der Waals surface area (Å²) < 4.78 is 7.35. The van der Waals surface area contributed by atoms with E-state index in [9.17, 15) is 4.79 Å². The topological polar surface area (TPSA) is 46.8 Å². The molecule has 0 bridgehead atoms. The number of morpholine rings is 1. The molecule has 0 N–H and O–H groups in total. The van der Waals surface area contributed by atoms with E-state index in [1.54, 1.807) is 11.3 Å². The highest BCUT2D eigenvalue weighted by atomic mass is 32.1. The molecule has 3 rings (SSSR count). The lowest BCUT2D eigenvalue weighted by Gasteiger charge is -2.26. The summed E-state index contributed by atoms with van der Waals surface area (Å²) in [5.41, 5.74) is 2.19. The van der Waals surface area contributed by atoms with Crippen LogP contribution in [-0.4, -0.2) is 46.5 Å². The molecule has 1 fully saturated rings. The summed E-state index contributed by atoms with van der Waals surface area (Å²) in [5.74, 6) is 0.222. The van der Waals surface area contributed by atoms with Crippen LogP contribution in [0.4, 0.5) is 0 Å². The van der Waals surface area contributed by atoms with Crippen molar-refractivity contribution in [1.29, 1.82) is 0 Å². The lowest BCUT2D eigenvalue weighted by molar-refractivity contribution is -0.135. The number of imidazole rings is 1. The molecule has 6 heteroatoms. The molecule has 19 heavy (non-hydrogen) atoms. The number of nitrogens with zero attached hydrogens (tertiary/aromatic N) is 3. The van der Waals surface area contributed by atoms with E-state index in [0.29, 0.717) is 19.6 Å². The average molecular weight is 279 g/mol. The second-order valence-electron chi connectivity index (χ2n) is 4.76. The number of aromatic nitrogens is 2. The number of aryl methyl sites for hydroxylation is 2.